The van der Waals surface area contributed by atoms with Crippen LogP contribution in [0.3, 0.4) is 0 Å². The van der Waals surface area contributed by atoms with Crippen molar-refractivity contribution in [1.82, 2.24) is 9.97 Å². The first-order valence-electron chi connectivity index (χ1n) is 6.00. The molecule has 0 aliphatic carbocycles. The number of halogens is 3. The van der Waals surface area contributed by atoms with E-state index in [1.54, 1.807) is 6.07 Å². The predicted octanol–water partition coefficient (Wildman–Crippen LogP) is 4.54. The maximum absolute atomic E-state index is 13.8. The molecule has 1 N–H and O–H groups in total. The van der Waals surface area contributed by atoms with Crippen LogP contribution in [0, 0.1) is 5.82 Å². The van der Waals surface area contributed by atoms with Gasteiger partial charge in [0, 0.05) is 6.54 Å². The van der Waals surface area contributed by atoms with E-state index in [0.29, 0.717) is 12.5 Å². The molecule has 1 aromatic carbocycles. The van der Waals surface area contributed by atoms with Crippen LogP contribution in [0.5, 0.6) is 11.6 Å². The Morgan fingerprint density at radius 2 is 2.10 bits per heavy atom. The highest BCUT2D eigenvalue weighted by atomic mass is 35.5. The van der Waals surface area contributed by atoms with Crippen molar-refractivity contribution in [3.8, 4) is 11.6 Å². The van der Waals surface area contributed by atoms with Crippen molar-refractivity contribution in [1.29, 1.82) is 0 Å². The molecule has 0 unspecified atom stereocenters. The van der Waals surface area contributed by atoms with Crippen LogP contribution in [0.2, 0.25) is 10.0 Å². The Kier molecular flexibility index (Phi) is 4.98. The number of aromatic nitrogens is 2. The lowest BCUT2D eigenvalue weighted by Crippen LogP contribution is -2.05. The van der Waals surface area contributed by atoms with E-state index >= 15 is 0 Å². The molecular formula is C13H12Cl2FN3O. The molecule has 2 rings (SSSR count). The Morgan fingerprint density at radius 1 is 1.30 bits per heavy atom. The van der Waals surface area contributed by atoms with E-state index in [0.717, 1.165) is 6.42 Å². The number of hydrogen-bond acceptors (Lipinski definition) is 4. The summed E-state index contributed by atoms with van der Waals surface area (Å²) in [5.74, 6) is -0.262. The number of benzene rings is 1. The first-order chi connectivity index (χ1) is 9.61. The highest BCUT2D eigenvalue weighted by Gasteiger charge is 2.12. The van der Waals surface area contributed by atoms with Crippen LogP contribution >= 0.6 is 23.2 Å². The Morgan fingerprint density at radius 3 is 2.85 bits per heavy atom. The summed E-state index contributed by atoms with van der Waals surface area (Å²) in [6.07, 6.45) is 2.31. The molecule has 0 spiro atoms. The second-order valence-electron chi connectivity index (χ2n) is 3.93. The predicted molar refractivity (Wildman–Crippen MR) is 77.3 cm³/mol. The van der Waals surface area contributed by atoms with Gasteiger partial charge in [0.2, 0.25) is 11.8 Å². The molecule has 0 fully saturated rings. The first-order valence-corrected chi connectivity index (χ1v) is 6.75. The normalized spacial score (nSPS) is 10.4. The minimum absolute atomic E-state index is 0.0305. The van der Waals surface area contributed by atoms with Gasteiger partial charge in [0.1, 0.15) is 5.02 Å². The third-order valence-electron chi connectivity index (χ3n) is 2.37. The summed E-state index contributed by atoms with van der Waals surface area (Å²) in [5.41, 5.74) is 0. The van der Waals surface area contributed by atoms with Gasteiger partial charge in [-0.05, 0) is 18.6 Å². The highest BCUT2D eigenvalue weighted by Crippen LogP contribution is 2.31. The molecule has 0 aliphatic rings. The second-order valence-corrected chi connectivity index (χ2v) is 4.74. The van der Waals surface area contributed by atoms with Crippen molar-refractivity contribution in [3.63, 3.8) is 0 Å². The monoisotopic (exact) mass is 315 g/mol. The minimum atomic E-state index is -0.660. The van der Waals surface area contributed by atoms with Crippen LogP contribution in [-0.2, 0) is 0 Å². The van der Waals surface area contributed by atoms with Crippen molar-refractivity contribution in [2.45, 2.75) is 13.3 Å². The van der Waals surface area contributed by atoms with Gasteiger partial charge in [0.05, 0.1) is 11.2 Å². The second kappa shape index (κ2) is 6.72. The third-order valence-corrected chi connectivity index (χ3v) is 2.92. The van der Waals surface area contributed by atoms with Crippen LogP contribution in [0.4, 0.5) is 10.3 Å². The summed E-state index contributed by atoms with van der Waals surface area (Å²) >= 11 is 11.6. The summed E-state index contributed by atoms with van der Waals surface area (Å²) in [6, 6.07) is 4.45. The van der Waals surface area contributed by atoms with Gasteiger partial charge in [-0.25, -0.2) is 9.37 Å². The van der Waals surface area contributed by atoms with Crippen molar-refractivity contribution in [2.24, 2.45) is 0 Å². The molecule has 0 atom stereocenters. The fourth-order valence-electron chi connectivity index (χ4n) is 1.41. The smallest absolute Gasteiger partial charge is 0.243 e. The third kappa shape index (κ3) is 3.49. The number of anilines is 1. The van der Waals surface area contributed by atoms with Gasteiger partial charge in [0.25, 0.3) is 0 Å². The van der Waals surface area contributed by atoms with Gasteiger partial charge in [0.15, 0.2) is 11.6 Å². The van der Waals surface area contributed by atoms with E-state index < -0.39 is 5.82 Å². The fourth-order valence-corrected chi connectivity index (χ4v) is 1.71. The number of ether oxygens (including phenoxy) is 1. The van der Waals surface area contributed by atoms with Crippen molar-refractivity contribution in [3.05, 3.63) is 40.3 Å². The molecule has 2 aromatic rings. The number of rotatable bonds is 5. The van der Waals surface area contributed by atoms with Crippen molar-refractivity contribution in [2.75, 3.05) is 11.9 Å². The molecule has 4 nitrogen and oxygen atoms in total. The SMILES string of the molecule is CCCNc1ncc(Cl)c(Oc2cccc(Cl)c2F)n1. The Balaban J connectivity index is 2.26. The van der Waals surface area contributed by atoms with Crippen LogP contribution in [0.25, 0.3) is 0 Å². The van der Waals surface area contributed by atoms with Gasteiger partial charge < -0.3 is 10.1 Å². The molecule has 0 bridgehead atoms. The van der Waals surface area contributed by atoms with Crippen LogP contribution in [0.15, 0.2) is 24.4 Å². The molecule has 106 valence electrons. The van der Waals surface area contributed by atoms with Crippen LogP contribution < -0.4 is 10.1 Å². The standard InChI is InChI=1S/C13H12Cl2FN3O/c1-2-6-17-13-18-7-9(15)12(19-13)20-10-5-3-4-8(14)11(10)16/h3-5,7H,2,6H2,1H3,(H,17,18,19). The Hall–Kier alpha value is -1.59. The van der Waals surface area contributed by atoms with Gasteiger partial charge in [-0.1, -0.05) is 36.2 Å². The topological polar surface area (TPSA) is 47.0 Å². The van der Waals surface area contributed by atoms with E-state index in [2.05, 4.69) is 15.3 Å². The van der Waals surface area contributed by atoms with Crippen molar-refractivity contribution < 1.29 is 9.13 Å². The van der Waals surface area contributed by atoms with E-state index in [9.17, 15) is 4.39 Å². The molecule has 0 amide bonds. The number of nitrogens with one attached hydrogen (secondary N) is 1. The summed E-state index contributed by atoms with van der Waals surface area (Å²) in [4.78, 5) is 8.09. The Bertz CT molecular complexity index is 610. The Labute approximate surface area is 125 Å². The molecule has 0 aliphatic heterocycles. The summed E-state index contributed by atoms with van der Waals surface area (Å²) in [5, 5.41) is 3.15. The molecule has 1 heterocycles. The molecule has 0 radical (unpaired) electrons. The van der Waals surface area contributed by atoms with E-state index in [1.165, 1.54) is 18.3 Å². The van der Waals surface area contributed by atoms with E-state index in [4.69, 9.17) is 27.9 Å². The molecule has 20 heavy (non-hydrogen) atoms. The largest absolute Gasteiger partial charge is 0.434 e. The van der Waals surface area contributed by atoms with Gasteiger partial charge in [-0.15, -0.1) is 0 Å². The van der Waals surface area contributed by atoms with E-state index in [1.807, 2.05) is 6.92 Å². The zero-order valence-corrected chi connectivity index (χ0v) is 12.2. The zero-order valence-electron chi connectivity index (χ0n) is 10.7. The first kappa shape index (κ1) is 14.8. The lowest BCUT2D eigenvalue weighted by Gasteiger charge is -2.09. The fraction of sp³-hybridized carbons (Fsp3) is 0.231. The van der Waals surface area contributed by atoms with Gasteiger partial charge in [-0.2, -0.15) is 4.98 Å². The summed E-state index contributed by atoms with van der Waals surface area (Å²) in [7, 11) is 0. The molecule has 7 heteroatoms. The van der Waals surface area contributed by atoms with E-state index in [-0.39, 0.29) is 21.7 Å². The number of hydrogen-bond donors (Lipinski definition) is 1. The zero-order chi connectivity index (χ0) is 14.5. The number of nitrogens with zero attached hydrogens (tertiary/aromatic N) is 2. The maximum atomic E-state index is 13.8. The summed E-state index contributed by atoms with van der Waals surface area (Å²) < 4.78 is 19.1. The van der Waals surface area contributed by atoms with Crippen LogP contribution in [0.1, 0.15) is 13.3 Å². The highest BCUT2D eigenvalue weighted by molar-refractivity contribution is 6.31. The van der Waals surface area contributed by atoms with Crippen molar-refractivity contribution >= 4 is 29.2 Å². The minimum Gasteiger partial charge on any atom is -0.434 e. The van der Waals surface area contributed by atoms with Gasteiger partial charge in [-0.3, -0.25) is 0 Å². The van der Waals surface area contributed by atoms with Crippen LogP contribution in [-0.4, -0.2) is 16.5 Å². The maximum Gasteiger partial charge on any atom is 0.243 e. The molecular weight excluding hydrogens is 304 g/mol. The molecule has 0 saturated heterocycles. The summed E-state index contributed by atoms with van der Waals surface area (Å²) in [6.45, 7) is 2.73. The average molecular weight is 316 g/mol. The average Bonchev–Trinajstić information content (AvgIpc) is 2.44. The lowest BCUT2D eigenvalue weighted by molar-refractivity contribution is 0.427. The molecule has 0 saturated carbocycles. The quantitative estimate of drug-likeness (QED) is 0.880. The van der Waals surface area contributed by atoms with Gasteiger partial charge >= 0.3 is 0 Å². The molecule has 1 aromatic heterocycles. The lowest BCUT2D eigenvalue weighted by atomic mass is 10.3.